The highest BCUT2D eigenvalue weighted by atomic mass is 14.0. The molecule has 0 saturated heterocycles. The van der Waals surface area contributed by atoms with Crippen LogP contribution in [0.25, 0.3) is 0 Å². The fraction of sp³-hybridized carbons (Fsp3) is 0.143. The first-order valence-electron chi connectivity index (χ1n) is 4.76. The largest absolute Gasteiger partial charge is 0.0988 e. The number of allylic oxidation sites excluding steroid dienone is 4. The lowest BCUT2D eigenvalue weighted by atomic mass is 10.0. The van der Waals surface area contributed by atoms with Gasteiger partial charge in [0.2, 0.25) is 0 Å². The molecule has 0 amide bonds. The SMILES string of the molecule is C=C/C(C)=C(\C=C)Cc1ccccc1. The van der Waals surface area contributed by atoms with Gasteiger partial charge in [-0.2, -0.15) is 0 Å². The van der Waals surface area contributed by atoms with Crippen molar-refractivity contribution < 1.29 is 0 Å². The topological polar surface area (TPSA) is 0 Å². The molecule has 72 valence electrons. The van der Waals surface area contributed by atoms with Crippen LogP contribution in [0.1, 0.15) is 12.5 Å². The zero-order valence-electron chi connectivity index (χ0n) is 8.66. The van der Waals surface area contributed by atoms with E-state index in [1.54, 1.807) is 0 Å². The second-order valence-corrected chi connectivity index (χ2v) is 3.28. The molecule has 14 heavy (non-hydrogen) atoms. The maximum absolute atomic E-state index is 3.82. The Bertz CT molecular complexity index is 342. The van der Waals surface area contributed by atoms with E-state index in [1.807, 2.05) is 18.2 Å². The standard InChI is InChI=1S/C14H16/c1-4-12(3)14(5-2)11-13-9-7-6-8-10-13/h4-10H,1-2,11H2,3H3/b14-12+. The van der Waals surface area contributed by atoms with Gasteiger partial charge in [0.25, 0.3) is 0 Å². The van der Waals surface area contributed by atoms with Gasteiger partial charge in [-0.25, -0.2) is 0 Å². The molecular weight excluding hydrogens is 168 g/mol. The summed E-state index contributed by atoms with van der Waals surface area (Å²) in [7, 11) is 0. The van der Waals surface area contributed by atoms with Crippen LogP contribution in [0.2, 0.25) is 0 Å². The normalized spacial score (nSPS) is 11.8. The van der Waals surface area contributed by atoms with E-state index in [0.29, 0.717) is 0 Å². The van der Waals surface area contributed by atoms with Gasteiger partial charge in [-0.15, -0.1) is 0 Å². The zero-order chi connectivity index (χ0) is 10.4. The summed E-state index contributed by atoms with van der Waals surface area (Å²) in [6.07, 6.45) is 4.71. The average molecular weight is 184 g/mol. The third kappa shape index (κ3) is 2.74. The van der Waals surface area contributed by atoms with Crippen LogP contribution in [0.15, 0.2) is 66.8 Å². The van der Waals surface area contributed by atoms with Crippen molar-refractivity contribution in [3.63, 3.8) is 0 Å². The van der Waals surface area contributed by atoms with E-state index in [4.69, 9.17) is 0 Å². The molecule has 0 bridgehead atoms. The molecule has 1 aromatic carbocycles. The molecule has 0 unspecified atom stereocenters. The van der Waals surface area contributed by atoms with E-state index in [9.17, 15) is 0 Å². The van der Waals surface area contributed by atoms with Gasteiger partial charge in [0, 0.05) is 0 Å². The minimum Gasteiger partial charge on any atom is -0.0988 e. The summed E-state index contributed by atoms with van der Waals surface area (Å²) in [6.45, 7) is 9.65. The molecule has 1 rings (SSSR count). The number of benzene rings is 1. The van der Waals surface area contributed by atoms with Crippen LogP contribution in [0.3, 0.4) is 0 Å². The fourth-order valence-electron chi connectivity index (χ4n) is 1.32. The van der Waals surface area contributed by atoms with Gasteiger partial charge in [-0.1, -0.05) is 55.6 Å². The van der Waals surface area contributed by atoms with Crippen molar-refractivity contribution >= 4 is 0 Å². The van der Waals surface area contributed by atoms with Crippen LogP contribution in [0.4, 0.5) is 0 Å². The van der Waals surface area contributed by atoms with Gasteiger partial charge >= 0.3 is 0 Å². The van der Waals surface area contributed by atoms with Gasteiger partial charge < -0.3 is 0 Å². The molecule has 0 spiro atoms. The van der Waals surface area contributed by atoms with Crippen LogP contribution < -0.4 is 0 Å². The van der Waals surface area contributed by atoms with Crippen molar-refractivity contribution in [1.29, 1.82) is 0 Å². The zero-order valence-corrected chi connectivity index (χ0v) is 8.66. The summed E-state index contributed by atoms with van der Waals surface area (Å²) in [4.78, 5) is 0. The van der Waals surface area contributed by atoms with Gasteiger partial charge in [0.05, 0.1) is 0 Å². The van der Waals surface area contributed by atoms with Gasteiger partial charge in [-0.05, 0) is 30.1 Å². The second-order valence-electron chi connectivity index (χ2n) is 3.28. The van der Waals surface area contributed by atoms with E-state index >= 15 is 0 Å². The first kappa shape index (κ1) is 10.5. The maximum Gasteiger partial charge on any atom is -0.00234 e. The minimum atomic E-state index is 0.933. The van der Waals surface area contributed by atoms with Gasteiger partial charge in [-0.3, -0.25) is 0 Å². The van der Waals surface area contributed by atoms with Crippen LogP contribution in [-0.4, -0.2) is 0 Å². The quantitative estimate of drug-likeness (QED) is 0.622. The Kier molecular flexibility index (Phi) is 3.93. The lowest BCUT2D eigenvalue weighted by Gasteiger charge is -2.04. The summed E-state index contributed by atoms with van der Waals surface area (Å²) in [5, 5.41) is 0. The van der Waals surface area contributed by atoms with Crippen molar-refractivity contribution in [2.45, 2.75) is 13.3 Å². The summed E-state index contributed by atoms with van der Waals surface area (Å²) < 4.78 is 0. The first-order chi connectivity index (χ1) is 6.77. The van der Waals surface area contributed by atoms with Crippen LogP contribution in [0.5, 0.6) is 0 Å². The van der Waals surface area contributed by atoms with Crippen LogP contribution in [0, 0.1) is 0 Å². The average Bonchev–Trinajstić information content (AvgIpc) is 2.26. The summed E-state index contributed by atoms with van der Waals surface area (Å²) >= 11 is 0. The molecule has 0 heteroatoms. The predicted octanol–water partition coefficient (Wildman–Crippen LogP) is 3.92. The predicted molar refractivity (Wildman–Crippen MR) is 63.2 cm³/mol. The Hall–Kier alpha value is -1.56. The number of rotatable bonds is 4. The third-order valence-corrected chi connectivity index (χ3v) is 2.30. The molecule has 0 radical (unpaired) electrons. The monoisotopic (exact) mass is 184 g/mol. The highest BCUT2D eigenvalue weighted by Crippen LogP contribution is 2.13. The fourth-order valence-corrected chi connectivity index (χ4v) is 1.32. The Labute approximate surface area is 86.3 Å². The summed E-state index contributed by atoms with van der Waals surface area (Å²) in [5.41, 5.74) is 3.75. The Morgan fingerprint density at radius 3 is 2.29 bits per heavy atom. The van der Waals surface area contributed by atoms with Crippen molar-refractivity contribution in [3.05, 3.63) is 72.4 Å². The highest BCUT2D eigenvalue weighted by molar-refractivity contribution is 5.34. The smallest absolute Gasteiger partial charge is 0.00234 e. The van der Waals surface area contributed by atoms with Crippen LogP contribution in [-0.2, 0) is 6.42 Å². The lowest BCUT2D eigenvalue weighted by Crippen LogP contribution is -1.89. The summed E-state index contributed by atoms with van der Waals surface area (Å²) in [6, 6.07) is 10.4. The maximum atomic E-state index is 3.82. The molecule has 0 N–H and O–H groups in total. The molecule has 1 aromatic rings. The third-order valence-electron chi connectivity index (χ3n) is 2.30. The molecule has 0 aromatic heterocycles. The molecule has 0 atom stereocenters. The van der Waals surface area contributed by atoms with E-state index in [0.717, 1.165) is 6.42 Å². The van der Waals surface area contributed by atoms with Crippen molar-refractivity contribution in [2.24, 2.45) is 0 Å². The lowest BCUT2D eigenvalue weighted by molar-refractivity contribution is 1.17. The van der Waals surface area contributed by atoms with Crippen LogP contribution >= 0.6 is 0 Å². The Morgan fingerprint density at radius 2 is 1.79 bits per heavy atom. The van der Waals surface area contributed by atoms with E-state index in [-0.39, 0.29) is 0 Å². The molecule has 0 fully saturated rings. The number of hydrogen-bond donors (Lipinski definition) is 0. The van der Waals surface area contributed by atoms with E-state index in [2.05, 4.69) is 44.3 Å². The minimum absolute atomic E-state index is 0.933. The molecular formula is C14H16. The van der Waals surface area contributed by atoms with Crippen molar-refractivity contribution in [1.82, 2.24) is 0 Å². The number of hydrogen-bond acceptors (Lipinski definition) is 0. The Morgan fingerprint density at radius 1 is 1.14 bits per heavy atom. The molecule has 0 saturated carbocycles. The highest BCUT2D eigenvalue weighted by Gasteiger charge is 1.97. The molecule has 0 aliphatic carbocycles. The second kappa shape index (κ2) is 5.23. The van der Waals surface area contributed by atoms with Crippen molar-refractivity contribution in [2.75, 3.05) is 0 Å². The van der Waals surface area contributed by atoms with E-state index in [1.165, 1.54) is 16.7 Å². The molecule has 0 aliphatic rings. The molecule has 0 nitrogen and oxygen atoms in total. The van der Waals surface area contributed by atoms with Gasteiger partial charge in [0.1, 0.15) is 0 Å². The first-order valence-corrected chi connectivity index (χ1v) is 4.76. The van der Waals surface area contributed by atoms with E-state index < -0.39 is 0 Å². The molecule has 0 aliphatic heterocycles. The van der Waals surface area contributed by atoms with Crippen molar-refractivity contribution in [3.8, 4) is 0 Å². The summed E-state index contributed by atoms with van der Waals surface area (Å²) in [5.74, 6) is 0. The molecule has 0 heterocycles. The van der Waals surface area contributed by atoms with Gasteiger partial charge in [0.15, 0.2) is 0 Å². The Balaban J connectivity index is 2.87.